The largest absolute Gasteiger partial charge is 0.482 e. The Morgan fingerprint density at radius 3 is 2.62 bits per heavy atom. The van der Waals surface area contributed by atoms with E-state index in [9.17, 15) is 9.59 Å². The summed E-state index contributed by atoms with van der Waals surface area (Å²) in [5, 5.41) is 4.87. The van der Waals surface area contributed by atoms with Crippen molar-refractivity contribution in [1.29, 1.82) is 0 Å². The molecular weight excluding hydrogens is 438 g/mol. The third-order valence-electron chi connectivity index (χ3n) is 4.14. The predicted octanol–water partition coefficient (Wildman–Crippen LogP) is 3.72. The van der Waals surface area contributed by atoms with Crippen molar-refractivity contribution in [1.82, 2.24) is 9.66 Å². The van der Waals surface area contributed by atoms with E-state index in [1.807, 2.05) is 26.0 Å². The standard InChI is InChI=1S/C21H20BrN3O4/c1-13(2)20-24-18-9-6-15(22)10-17(18)21(27)25(20)23-11-14-4-7-16(8-5-14)29-12-19(26)28-3/h4-11,13H,12H2,1-3H3. The number of hydrogen-bond acceptors (Lipinski definition) is 6. The maximum Gasteiger partial charge on any atom is 0.343 e. The molecule has 0 saturated carbocycles. The molecule has 3 rings (SSSR count). The minimum Gasteiger partial charge on any atom is -0.482 e. The Labute approximate surface area is 176 Å². The minimum absolute atomic E-state index is 0.0157. The Bertz CT molecular complexity index is 1120. The fourth-order valence-electron chi connectivity index (χ4n) is 2.63. The Hall–Kier alpha value is -3.00. The molecule has 150 valence electrons. The topological polar surface area (TPSA) is 82.8 Å². The van der Waals surface area contributed by atoms with E-state index in [4.69, 9.17) is 4.74 Å². The van der Waals surface area contributed by atoms with Crippen molar-refractivity contribution < 1.29 is 14.3 Å². The van der Waals surface area contributed by atoms with Crippen molar-refractivity contribution in [3.05, 3.63) is 68.7 Å². The summed E-state index contributed by atoms with van der Waals surface area (Å²) in [5.41, 5.74) is 1.18. The number of fused-ring (bicyclic) bond motifs is 1. The smallest absolute Gasteiger partial charge is 0.343 e. The van der Waals surface area contributed by atoms with Gasteiger partial charge in [0.25, 0.3) is 5.56 Å². The molecule has 2 aromatic carbocycles. The van der Waals surface area contributed by atoms with Gasteiger partial charge in [-0.25, -0.2) is 9.78 Å². The average Bonchev–Trinajstić information content (AvgIpc) is 2.72. The molecule has 0 radical (unpaired) electrons. The van der Waals surface area contributed by atoms with Gasteiger partial charge in [0.05, 0.1) is 24.2 Å². The number of benzene rings is 2. The zero-order valence-electron chi connectivity index (χ0n) is 16.3. The average molecular weight is 458 g/mol. The van der Waals surface area contributed by atoms with E-state index >= 15 is 0 Å². The molecule has 0 N–H and O–H groups in total. The van der Waals surface area contributed by atoms with Gasteiger partial charge in [0.2, 0.25) is 0 Å². The van der Waals surface area contributed by atoms with Gasteiger partial charge in [-0.2, -0.15) is 9.78 Å². The number of hydrogen-bond donors (Lipinski definition) is 0. The summed E-state index contributed by atoms with van der Waals surface area (Å²) in [6.07, 6.45) is 1.59. The third-order valence-corrected chi connectivity index (χ3v) is 4.63. The molecule has 0 spiro atoms. The van der Waals surface area contributed by atoms with Gasteiger partial charge >= 0.3 is 5.97 Å². The highest BCUT2D eigenvalue weighted by Gasteiger charge is 2.13. The van der Waals surface area contributed by atoms with Gasteiger partial charge in [0, 0.05) is 10.4 Å². The fourth-order valence-corrected chi connectivity index (χ4v) is 2.99. The summed E-state index contributed by atoms with van der Waals surface area (Å²) in [5.74, 6) is 0.678. The van der Waals surface area contributed by atoms with Gasteiger partial charge in [0.15, 0.2) is 6.61 Å². The Morgan fingerprint density at radius 1 is 1.24 bits per heavy atom. The van der Waals surface area contributed by atoms with Gasteiger partial charge in [-0.05, 0) is 48.0 Å². The van der Waals surface area contributed by atoms with Gasteiger partial charge in [-0.3, -0.25) is 4.79 Å². The zero-order valence-corrected chi connectivity index (χ0v) is 17.8. The van der Waals surface area contributed by atoms with Gasteiger partial charge in [-0.15, -0.1) is 0 Å². The molecule has 8 heteroatoms. The van der Waals surface area contributed by atoms with Crippen molar-refractivity contribution in [2.45, 2.75) is 19.8 Å². The first-order valence-corrected chi connectivity index (χ1v) is 9.74. The molecule has 0 saturated heterocycles. The van der Waals surface area contributed by atoms with Crippen molar-refractivity contribution in [2.75, 3.05) is 13.7 Å². The summed E-state index contributed by atoms with van der Waals surface area (Å²) in [4.78, 5) is 28.7. The number of aromatic nitrogens is 2. The van der Waals surface area contributed by atoms with Crippen LogP contribution >= 0.6 is 15.9 Å². The quantitative estimate of drug-likeness (QED) is 0.416. The Balaban J connectivity index is 1.91. The highest BCUT2D eigenvalue weighted by molar-refractivity contribution is 9.10. The monoisotopic (exact) mass is 457 g/mol. The van der Waals surface area contributed by atoms with Crippen LogP contribution in [0, 0.1) is 0 Å². The van der Waals surface area contributed by atoms with Crippen molar-refractivity contribution in [2.24, 2.45) is 5.10 Å². The molecule has 1 aromatic heterocycles. The fraction of sp³-hybridized carbons (Fsp3) is 0.238. The van der Waals surface area contributed by atoms with Crippen molar-refractivity contribution in [3.8, 4) is 5.75 Å². The number of methoxy groups -OCH3 is 1. The maximum atomic E-state index is 13.0. The van der Waals surface area contributed by atoms with Crippen LogP contribution in [0.1, 0.15) is 31.2 Å². The number of rotatable bonds is 6. The summed E-state index contributed by atoms with van der Waals surface area (Å²) in [7, 11) is 1.30. The SMILES string of the molecule is COC(=O)COc1ccc(C=Nn2c(C(C)C)nc3ccc(Br)cc3c2=O)cc1. The van der Waals surface area contributed by atoms with E-state index in [-0.39, 0.29) is 18.1 Å². The van der Waals surface area contributed by atoms with Crippen LogP contribution < -0.4 is 10.3 Å². The van der Waals surface area contributed by atoms with E-state index in [0.717, 1.165) is 10.0 Å². The number of ether oxygens (including phenoxy) is 2. The van der Waals surface area contributed by atoms with Crippen LogP contribution in [0.2, 0.25) is 0 Å². The van der Waals surface area contributed by atoms with E-state index in [1.54, 1.807) is 36.5 Å². The number of esters is 1. The van der Waals surface area contributed by atoms with Gasteiger partial charge in [-0.1, -0.05) is 29.8 Å². The van der Waals surface area contributed by atoms with Crippen LogP contribution in [0.25, 0.3) is 10.9 Å². The lowest BCUT2D eigenvalue weighted by Crippen LogP contribution is -2.23. The molecule has 0 aliphatic rings. The molecule has 3 aromatic rings. The van der Waals surface area contributed by atoms with E-state index in [2.05, 4.69) is 30.8 Å². The van der Waals surface area contributed by atoms with Gasteiger partial charge in [0.1, 0.15) is 11.6 Å². The molecule has 0 amide bonds. The first-order valence-electron chi connectivity index (χ1n) is 8.95. The minimum atomic E-state index is -0.452. The molecule has 29 heavy (non-hydrogen) atoms. The number of halogens is 1. The molecule has 0 fully saturated rings. The molecule has 0 unspecified atom stereocenters. The number of carbonyl (C=O) groups excluding carboxylic acids is 1. The number of carbonyl (C=O) groups is 1. The summed E-state index contributed by atoms with van der Waals surface area (Å²) in [6.45, 7) is 3.77. The number of nitrogens with zero attached hydrogens (tertiary/aromatic N) is 3. The van der Waals surface area contributed by atoms with E-state index < -0.39 is 5.97 Å². The van der Waals surface area contributed by atoms with Crippen LogP contribution in [-0.2, 0) is 9.53 Å². The first kappa shape index (κ1) is 20.7. The highest BCUT2D eigenvalue weighted by atomic mass is 79.9. The van der Waals surface area contributed by atoms with Crippen LogP contribution in [0.5, 0.6) is 5.75 Å². The first-order chi connectivity index (χ1) is 13.9. The second kappa shape index (κ2) is 9.00. The summed E-state index contributed by atoms with van der Waals surface area (Å²) < 4.78 is 12.0. The van der Waals surface area contributed by atoms with Crippen LogP contribution in [0.3, 0.4) is 0 Å². The molecule has 1 heterocycles. The Kier molecular flexibility index (Phi) is 6.43. The molecule has 7 nitrogen and oxygen atoms in total. The van der Waals surface area contributed by atoms with Crippen LogP contribution in [-0.4, -0.2) is 35.6 Å². The maximum absolute atomic E-state index is 13.0. The highest BCUT2D eigenvalue weighted by Crippen LogP contribution is 2.19. The second-order valence-electron chi connectivity index (χ2n) is 6.58. The molecule has 0 bridgehead atoms. The summed E-state index contributed by atoms with van der Waals surface area (Å²) >= 11 is 3.39. The predicted molar refractivity (Wildman–Crippen MR) is 115 cm³/mol. The van der Waals surface area contributed by atoms with E-state index in [1.165, 1.54) is 11.8 Å². The molecule has 0 atom stereocenters. The van der Waals surface area contributed by atoms with E-state index in [0.29, 0.717) is 22.5 Å². The molecule has 0 aliphatic heterocycles. The lowest BCUT2D eigenvalue weighted by Gasteiger charge is -2.12. The van der Waals surface area contributed by atoms with Crippen molar-refractivity contribution in [3.63, 3.8) is 0 Å². The molecule has 0 aliphatic carbocycles. The molecular formula is C21H20BrN3O4. The van der Waals surface area contributed by atoms with Crippen LogP contribution in [0.4, 0.5) is 0 Å². The lowest BCUT2D eigenvalue weighted by atomic mass is 10.2. The Morgan fingerprint density at radius 2 is 1.97 bits per heavy atom. The summed E-state index contributed by atoms with van der Waals surface area (Å²) in [6, 6.07) is 12.4. The zero-order chi connectivity index (χ0) is 21.0. The second-order valence-corrected chi connectivity index (χ2v) is 7.50. The van der Waals surface area contributed by atoms with Crippen molar-refractivity contribution >= 4 is 39.0 Å². The lowest BCUT2D eigenvalue weighted by molar-refractivity contribution is -0.142. The normalized spacial score (nSPS) is 11.3. The van der Waals surface area contributed by atoms with Gasteiger partial charge < -0.3 is 9.47 Å². The van der Waals surface area contributed by atoms with Crippen LogP contribution in [0.15, 0.2) is 56.8 Å². The third kappa shape index (κ3) is 4.89.